The van der Waals surface area contributed by atoms with Gasteiger partial charge in [0.25, 0.3) is 0 Å². The van der Waals surface area contributed by atoms with E-state index in [1.807, 2.05) is 6.92 Å². The zero-order valence-corrected chi connectivity index (χ0v) is 12.2. The number of carbonyl (C=O) groups excluding carboxylic acids is 1. The topological polar surface area (TPSA) is 62.1 Å². The normalized spacial score (nSPS) is 21.9. The molecule has 1 aromatic rings. The van der Waals surface area contributed by atoms with E-state index in [4.69, 9.17) is 10.00 Å². The lowest BCUT2D eigenvalue weighted by Crippen LogP contribution is -2.29. The Labute approximate surface area is 120 Å². The van der Waals surface area contributed by atoms with Crippen molar-refractivity contribution in [3.05, 3.63) is 28.2 Å². The predicted octanol–water partition coefficient (Wildman–Crippen LogP) is 3.07. The molecule has 0 aromatic heterocycles. The van der Waals surface area contributed by atoms with Crippen molar-refractivity contribution < 1.29 is 9.53 Å². The van der Waals surface area contributed by atoms with Gasteiger partial charge in [-0.05, 0) is 31.0 Å². The third-order valence-electron chi connectivity index (χ3n) is 3.31. The predicted molar refractivity (Wildman–Crippen MR) is 75.6 cm³/mol. The standard InChI is InChI=1S/C14H15BrN2O2/c1-2-13-11(5-6-19-13)14(18)17-12-4-3-10(15)7-9(12)8-16/h3-4,7,11,13H,2,5-6H2,1H3,(H,17,18). The van der Waals surface area contributed by atoms with Crippen LogP contribution in [0, 0.1) is 17.2 Å². The second-order valence-corrected chi connectivity index (χ2v) is 5.42. The van der Waals surface area contributed by atoms with Gasteiger partial charge in [0.1, 0.15) is 6.07 Å². The van der Waals surface area contributed by atoms with E-state index in [2.05, 4.69) is 27.3 Å². The van der Waals surface area contributed by atoms with Gasteiger partial charge in [-0.2, -0.15) is 5.26 Å². The maximum absolute atomic E-state index is 12.2. The third-order valence-corrected chi connectivity index (χ3v) is 3.80. The summed E-state index contributed by atoms with van der Waals surface area (Å²) >= 11 is 3.31. The Balaban J connectivity index is 2.13. The highest BCUT2D eigenvalue weighted by molar-refractivity contribution is 9.10. The fourth-order valence-electron chi connectivity index (χ4n) is 2.29. The van der Waals surface area contributed by atoms with E-state index in [0.29, 0.717) is 17.9 Å². The molecule has 0 aliphatic carbocycles. The second kappa shape index (κ2) is 6.18. The fraction of sp³-hybridized carbons (Fsp3) is 0.429. The summed E-state index contributed by atoms with van der Waals surface area (Å²) in [6.45, 7) is 2.64. The van der Waals surface area contributed by atoms with Gasteiger partial charge in [-0.15, -0.1) is 0 Å². The number of hydrogen-bond acceptors (Lipinski definition) is 3. The van der Waals surface area contributed by atoms with Crippen molar-refractivity contribution >= 4 is 27.5 Å². The number of amides is 1. The lowest BCUT2D eigenvalue weighted by Gasteiger charge is -2.17. The number of rotatable bonds is 3. The molecule has 0 radical (unpaired) electrons. The van der Waals surface area contributed by atoms with Crippen molar-refractivity contribution in [1.82, 2.24) is 0 Å². The van der Waals surface area contributed by atoms with Gasteiger partial charge in [-0.3, -0.25) is 4.79 Å². The Morgan fingerprint density at radius 2 is 2.42 bits per heavy atom. The molecule has 0 spiro atoms. The quantitative estimate of drug-likeness (QED) is 0.930. The summed E-state index contributed by atoms with van der Waals surface area (Å²) in [5.74, 6) is -0.191. The van der Waals surface area contributed by atoms with Crippen LogP contribution in [0.4, 0.5) is 5.69 Å². The summed E-state index contributed by atoms with van der Waals surface area (Å²) in [5.41, 5.74) is 1.01. The van der Waals surface area contributed by atoms with Crippen molar-refractivity contribution in [2.24, 2.45) is 5.92 Å². The molecular formula is C14H15BrN2O2. The van der Waals surface area contributed by atoms with Crippen LogP contribution in [0.3, 0.4) is 0 Å². The number of nitrogens with zero attached hydrogens (tertiary/aromatic N) is 1. The molecule has 1 aliphatic heterocycles. The summed E-state index contributed by atoms with van der Waals surface area (Å²) < 4.78 is 6.33. The molecule has 1 N–H and O–H groups in total. The minimum Gasteiger partial charge on any atom is -0.377 e. The van der Waals surface area contributed by atoms with Crippen LogP contribution in [0.15, 0.2) is 22.7 Å². The van der Waals surface area contributed by atoms with Crippen LogP contribution in [0.1, 0.15) is 25.3 Å². The first kappa shape index (κ1) is 14.0. The van der Waals surface area contributed by atoms with E-state index in [0.717, 1.165) is 17.3 Å². The largest absolute Gasteiger partial charge is 0.377 e. The molecular weight excluding hydrogens is 308 g/mol. The van der Waals surface area contributed by atoms with E-state index in [1.165, 1.54) is 0 Å². The lowest BCUT2D eigenvalue weighted by molar-refractivity contribution is -0.121. The molecule has 4 nitrogen and oxygen atoms in total. The summed E-state index contributed by atoms with van der Waals surface area (Å²) in [6, 6.07) is 7.31. The van der Waals surface area contributed by atoms with Crippen molar-refractivity contribution in [3.63, 3.8) is 0 Å². The number of carbonyl (C=O) groups is 1. The highest BCUT2D eigenvalue weighted by Gasteiger charge is 2.32. The van der Waals surface area contributed by atoms with E-state index < -0.39 is 0 Å². The first-order valence-electron chi connectivity index (χ1n) is 6.27. The van der Waals surface area contributed by atoms with Crippen LogP contribution in [0.25, 0.3) is 0 Å². The Kier molecular flexibility index (Phi) is 4.56. The number of nitrogens with one attached hydrogen (secondary N) is 1. The lowest BCUT2D eigenvalue weighted by atomic mass is 9.98. The highest BCUT2D eigenvalue weighted by Crippen LogP contribution is 2.26. The van der Waals surface area contributed by atoms with Gasteiger partial charge in [0, 0.05) is 11.1 Å². The average Bonchev–Trinajstić information content (AvgIpc) is 2.89. The second-order valence-electron chi connectivity index (χ2n) is 4.50. The molecule has 2 unspecified atom stereocenters. The van der Waals surface area contributed by atoms with E-state index in [9.17, 15) is 4.79 Å². The van der Waals surface area contributed by atoms with Crippen LogP contribution in [0.2, 0.25) is 0 Å². The number of ether oxygens (including phenoxy) is 1. The number of nitriles is 1. The fourth-order valence-corrected chi connectivity index (χ4v) is 2.66. The van der Waals surface area contributed by atoms with Gasteiger partial charge in [-0.25, -0.2) is 0 Å². The van der Waals surface area contributed by atoms with Crippen LogP contribution in [-0.2, 0) is 9.53 Å². The van der Waals surface area contributed by atoms with Gasteiger partial charge in [0.05, 0.1) is 23.3 Å². The van der Waals surface area contributed by atoms with Gasteiger partial charge in [-0.1, -0.05) is 22.9 Å². The highest BCUT2D eigenvalue weighted by atomic mass is 79.9. The van der Waals surface area contributed by atoms with Gasteiger partial charge in [0.15, 0.2) is 0 Å². The smallest absolute Gasteiger partial charge is 0.230 e. The molecule has 0 saturated carbocycles. The minimum absolute atomic E-state index is 0.0130. The SMILES string of the molecule is CCC1OCCC1C(=O)Nc1ccc(Br)cc1C#N. The van der Waals surface area contributed by atoms with Crippen molar-refractivity contribution in [2.75, 3.05) is 11.9 Å². The summed E-state index contributed by atoms with van der Waals surface area (Å²) in [6.07, 6.45) is 1.55. The zero-order valence-electron chi connectivity index (χ0n) is 10.6. The summed E-state index contributed by atoms with van der Waals surface area (Å²) in [5, 5.41) is 11.9. The molecule has 1 saturated heterocycles. The zero-order chi connectivity index (χ0) is 13.8. The summed E-state index contributed by atoms with van der Waals surface area (Å²) in [7, 11) is 0. The Morgan fingerprint density at radius 1 is 1.63 bits per heavy atom. The maximum atomic E-state index is 12.2. The van der Waals surface area contributed by atoms with Gasteiger partial charge >= 0.3 is 0 Å². The molecule has 1 heterocycles. The maximum Gasteiger partial charge on any atom is 0.230 e. The molecule has 1 aliphatic rings. The van der Waals surface area contributed by atoms with Crippen LogP contribution in [-0.4, -0.2) is 18.6 Å². The van der Waals surface area contributed by atoms with Gasteiger partial charge < -0.3 is 10.1 Å². The van der Waals surface area contributed by atoms with Crippen LogP contribution in [0.5, 0.6) is 0 Å². The monoisotopic (exact) mass is 322 g/mol. The molecule has 1 aromatic carbocycles. The van der Waals surface area contributed by atoms with Crippen molar-refractivity contribution in [1.29, 1.82) is 5.26 Å². The van der Waals surface area contributed by atoms with Crippen molar-refractivity contribution in [3.8, 4) is 6.07 Å². The average molecular weight is 323 g/mol. The Bertz CT molecular complexity index is 525. The molecule has 5 heteroatoms. The third kappa shape index (κ3) is 3.14. The number of hydrogen-bond donors (Lipinski definition) is 1. The molecule has 100 valence electrons. The van der Waals surface area contributed by atoms with E-state index in [-0.39, 0.29) is 17.9 Å². The Hall–Kier alpha value is -1.38. The molecule has 2 atom stereocenters. The van der Waals surface area contributed by atoms with Crippen LogP contribution < -0.4 is 5.32 Å². The summed E-state index contributed by atoms with van der Waals surface area (Å²) in [4.78, 5) is 12.2. The number of benzene rings is 1. The number of anilines is 1. The van der Waals surface area contributed by atoms with E-state index >= 15 is 0 Å². The molecule has 1 fully saturated rings. The first-order valence-corrected chi connectivity index (χ1v) is 7.07. The molecule has 2 rings (SSSR count). The minimum atomic E-state index is -0.125. The first-order chi connectivity index (χ1) is 9.15. The molecule has 0 bridgehead atoms. The molecule has 1 amide bonds. The van der Waals surface area contributed by atoms with E-state index in [1.54, 1.807) is 18.2 Å². The number of halogens is 1. The van der Waals surface area contributed by atoms with Crippen molar-refractivity contribution in [2.45, 2.75) is 25.9 Å². The van der Waals surface area contributed by atoms with Crippen LogP contribution >= 0.6 is 15.9 Å². The Morgan fingerprint density at radius 3 is 3.11 bits per heavy atom. The molecule has 19 heavy (non-hydrogen) atoms. The van der Waals surface area contributed by atoms with Gasteiger partial charge in [0.2, 0.25) is 5.91 Å².